The molecule has 0 heterocycles. The van der Waals surface area contributed by atoms with E-state index in [1.165, 1.54) is 12.1 Å². The molecule has 78 valence electrons. The number of nitrogens with two attached hydrogens (primary N) is 1. The summed E-state index contributed by atoms with van der Waals surface area (Å²) in [6.07, 6.45) is 1.27. The highest BCUT2D eigenvalue weighted by molar-refractivity contribution is 5.30. The van der Waals surface area contributed by atoms with Gasteiger partial charge in [0.25, 0.3) is 0 Å². The van der Waals surface area contributed by atoms with Crippen LogP contribution in [0.25, 0.3) is 0 Å². The average molecular weight is 197 g/mol. The van der Waals surface area contributed by atoms with Crippen molar-refractivity contribution in [3.8, 4) is 0 Å². The molecule has 0 aliphatic carbocycles. The van der Waals surface area contributed by atoms with Crippen molar-refractivity contribution in [3.63, 3.8) is 0 Å². The molecule has 0 unspecified atom stereocenters. The van der Waals surface area contributed by atoms with E-state index in [9.17, 15) is 4.39 Å². The van der Waals surface area contributed by atoms with Crippen LogP contribution in [0.2, 0.25) is 0 Å². The second kappa shape index (κ2) is 5.08. The van der Waals surface area contributed by atoms with Gasteiger partial charge in [0.2, 0.25) is 0 Å². The van der Waals surface area contributed by atoms with Crippen LogP contribution in [0, 0.1) is 5.82 Å². The fraction of sp³-hybridized carbons (Fsp3) is 0.455. The SMILES string of the molecule is CCc1cc(F)ccc1[C@@H](N)CCO. The zero-order valence-electron chi connectivity index (χ0n) is 8.33. The Balaban J connectivity index is 2.95. The largest absolute Gasteiger partial charge is 0.396 e. The molecule has 14 heavy (non-hydrogen) atoms. The van der Waals surface area contributed by atoms with E-state index in [0.29, 0.717) is 6.42 Å². The molecule has 0 aliphatic rings. The van der Waals surface area contributed by atoms with E-state index in [0.717, 1.165) is 17.5 Å². The van der Waals surface area contributed by atoms with Gasteiger partial charge in [0.1, 0.15) is 5.82 Å². The summed E-state index contributed by atoms with van der Waals surface area (Å²) in [4.78, 5) is 0. The van der Waals surface area contributed by atoms with Crippen LogP contribution < -0.4 is 5.73 Å². The van der Waals surface area contributed by atoms with E-state index in [4.69, 9.17) is 10.8 Å². The fourth-order valence-electron chi connectivity index (χ4n) is 1.54. The van der Waals surface area contributed by atoms with Crippen molar-refractivity contribution < 1.29 is 9.50 Å². The van der Waals surface area contributed by atoms with Crippen LogP contribution in [0.1, 0.15) is 30.5 Å². The predicted octanol–water partition coefficient (Wildman–Crippen LogP) is 1.77. The second-order valence-corrected chi connectivity index (χ2v) is 3.32. The Kier molecular flexibility index (Phi) is 4.04. The summed E-state index contributed by atoms with van der Waals surface area (Å²) >= 11 is 0. The highest BCUT2D eigenvalue weighted by atomic mass is 19.1. The maximum Gasteiger partial charge on any atom is 0.123 e. The van der Waals surface area contributed by atoms with Gasteiger partial charge in [-0.1, -0.05) is 13.0 Å². The number of aliphatic hydroxyl groups excluding tert-OH is 1. The van der Waals surface area contributed by atoms with E-state index < -0.39 is 0 Å². The minimum absolute atomic E-state index is 0.0572. The summed E-state index contributed by atoms with van der Waals surface area (Å²) in [6, 6.07) is 4.42. The van der Waals surface area contributed by atoms with E-state index in [1.807, 2.05) is 6.92 Å². The summed E-state index contributed by atoms with van der Waals surface area (Å²) in [5.74, 6) is -0.234. The van der Waals surface area contributed by atoms with Crippen molar-refractivity contribution >= 4 is 0 Å². The van der Waals surface area contributed by atoms with Crippen molar-refractivity contribution in [1.29, 1.82) is 0 Å². The first-order valence-electron chi connectivity index (χ1n) is 4.83. The van der Waals surface area contributed by atoms with E-state index in [2.05, 4.69) is 0 Å². The number of hydrogen-bond acceptors (Lipinski definition) is 2. The molecule has 1 aromatic rings. The molecular formula is C11H16FNO. The summed E-state index contributed by atoms with van der Waals surface area (Å²) in [5, 5.41) is 8.76. The van der Waals surface area contributed by atoms with Crippen LogP contribution in [-0.2, 0) is 6.42 Å². The van der Waals surface area contributed by atoms with Gasteiger partial charge in [0.15, 0.2) is 0 Å². The molecule has 0 fully saturated rings. The first-order chi connectivity index (χ1) is 6.69. The summed E-state index contributed by atoms with van der Waals surface area (Å²) in [5.41, 5.74) is 7.70. The van der Waals surface area contributed by atoms with Gasteiger partial charge in [-0.05, 0) is 36.1 Å². The van der Waals surface area contributed by atoms with Crippen molar-refractivity contribution in [2.75, 3.05) is 6.61 Å². The quantitative estimate of drug-likeness (QED) is 0.772. The minimum atomic E-state index is -0.234. The zero-order valence-corrected chi connectivity index (χ0v) is 8.33. The molecule has 0 aliphatic heterocycles. The van der Waals surface area contributed by atoms with Crippen LogP contribution in [0.15, 0.2) is 18.2 Å². The van der Waals surface area contributed by atoms with Gasteiger partial charge in [0.05, 0.1) is 0 Å². The average Bonchev–Trinajstić information content (AvgIpc) is 2.17. The second-order valence-electron chi connectivity index (χ2n) is 3.32. The molecule has 3 N–H and O–H groups in total. The van der Waals surface area contributed by atoms with Crippen LogP contribution in [0.3, 0.4) is 0 Å². The highest BCUT2D eigenvalue weighted by Gasteiger charge is 2.10. The topological polar surface area (TPSA) is 46.2 Å². The van der Waals surface area contributed by atoms with E-state index >= 15 is 0 Å². The van der Waals surface area contributed by atoms with E-state index in [-0.39, 0.29) is 18.5 Å². The molecule has 0 amide bonds. The zero-order chi connectivity index (χ0) is 10.6. The first kappa shape index (κ1) is 11.1. The van der Waals surface area contributed by atoms with E-state index in [1.54, 1.807) is 6.07 Å². The number of hydrogen-bond donors (Lipinski definition) is 2. The first-order valence-corrected chi connectivity index (χ1v) is 4.83. The lowest BCUT2D eigenvalue weighted by Crippen LogP contribution is -2.14. The predicted molar refractivity (Wildman–Crippen MR) is 54.4 cm³/mol. The molecule has 0 radical (unpaired) electrons. The number of aliphatic hydroxyl groups is 1. The molecule has 0 saturated carbocycles. The van der Waals surface area contributed by atoms with Gasteiger partial charge in [-0.3, -0.25) is 0 Å². The number of benzene rings is 1. The van der Waals surface area contributed by atoms with Crippen molar-refractivity contribution in [2.24, 2.45) is 5.73 Å². The maximum atomic E-state index is 12.9. The van der Waals surface area contributed by atoms with Crippen molar-refractivity contribution in [2.45, 2.75) is 25.8 Å². The molecule has 0 aromatic heterocycles. The Morgan fingerprint density at radius 2 is 2.21 bits per heavy atom. The molecule has 1 atom stereocenters. The number of rotatable bonds is 4. The maximum absolute atomic E-state index is 12.9. The molecule has 1 rings (SSSR count). The Morgan fingerprint density at radius 1 is 1.50 bits per heavy atom. The van der Waals surface area contributed by atoms with Crippen LogP contribution in [0.5, 0.6) is 0 Å². The van der Waals surface area contributed by atoms with Crippen molar-refractivity contribution in [3.05, 3.63) is 35.1 Å². The Hall–Kier alpha value is -0.930. The molecule has 0 bridgehead atoms. The summed E-state index contributed by atoms with van der Waals surface area (Å²) in [6.45, 7) is 2.02. The van der Waals surface area contributed by atoms with Gasteiger partial charge in [-0.15, -0.1) is 0 Å². The summed E-state index contributed by atoms with van der Waals surface area (Å²) in [7, 11) is 0. The van der Waals surface area contributed by atoms with Gasteiger partial charge in [-0.25, -0.2) is 4.39 Å². The Morgan fingerprint density at radius 3 is 2.79 bits per heavy atom. The lowest BCUT2D eigenvalue weighted by Gasteiger charge is -2.14. The monoisotopic (exact) mass is 197 g/mol. The molecule has 0 spiro atoms. The fourth-order valence-corrected chi connectivity index (χ4v) is 1.54. The third-order valence-electron chi connectivity index (χ3n) is 2.33. The van der Waals surface area contributed by atoms with Crippen LogP contribution in [-0.4, -0.2) is 11.7 Å². The number of halogens is 1. The van der Waals surface area contributed by atoms with Crippen LogP contribution >= 0.6 is 0 Å². The molecule has 2 nitrogen and oxygen atoms in total. The van der Waals surface area contributed by atoms with Gasteiger partial charge in [0, 0.05) is 12.6 Å². The highest BCUT2D eigenvalue weighted by Crippen LogP contribution is 2.20. The summed E-state index contributed by atoms with van der Waals surface area (Å²) < 4.78 is 12.9. The third-order valence-corrected chi connectivity index (χ3v) is 2.33. The lowest BCUT2D eigenvalue weighted by atomic mass is 9.97. The third kappa shape index (κ3) is 2.53. The Bertz CT molecular complexity index is 301. The molecule has 1 aromatic carbocycles. The lowest BCUT2D eigenvalue weighted by molar-refractivity contribution is 0.276. The standard InChI is InChI=1S/C11H16FNO/c1-2-8-7-9(12)3-4-10(8)11(13)5-6-14/h3-4,7,11,14H,2,5-6,13H2,1H3/t11-/m0/s1. The molecule has 0 saturated heterocycles. The van der Waals surface area contributed by atoms with Gasteiger partial charge in [-0.2, -0.15) is 0 Å². The Labute approximate surface area is 83.6 Å². The normalized spacial score (nSPS) is 12.9. The minimum Gasteiger partial charge on any atom is -0.396 e. The molecular weight excluding hydrogens is 181 g/mol. The smallest absolute Gasteiger partial charge is 0.123 e. The van der Waals surface area contributed by atoms with Gasteiger partial charge >= 0.3 is 0 Å². The number of aryl methyl sites for hydroxylation is 1. The van der Waals surface area contributed by atoms with Crippen LogP contribution in [0.4, 0.5) is 4.39 Å². The molecule has 3 heteroatoms. The van der Waals surface area contributed by atoms with Crippen molar-refractivity contribution in [1.82, 2.24) is 0 Å². The van der Waals surface area contributed by atoms with Gasteiger partial charge < -0.3 is 10.8 Å².